The van der Waals surface area contributed by atoms with Crippen LogP contribution in [0.3, 0.4) is 0 Å². The predicted octanol–water partition coefficient (Wildman–Crippen LogP) is 1.16. The van der Waals surface area contributed by atoms with Gasteiger partial charge in [0.05, 0.1) is 25.4 Å². The lowest BCUT2D eigenvalue weighted by atomic mass is 10.1. The lowest BCUT2D eigenvalue weighted by Crippen LogP contribution is -2.43. The highest BCUT2D eigenvalue weighted by molar-refractivity contribution is 4.80. The number of morpholine rings is 1. The molecule has 6 nitrogen and oxygen atoms in total. The molecule has 0 aromatic rings. The van der Waals surface area contributed by atoms with Gasteiger partial charge in [-0.3, -0.25) is 4.90 Å². The second-order valence-corrected chi connectivity index (χ2v) is 4.04. The zero-order valence-corrected chi connectivity index (χ0v) is 9.75. The van der Waals surface area contributed by atoms with E-state index >= 15 is 0 Å². The molecule has 0 radical (unpaired) electrons. The van der Waals surface area contributed by atoms with Crippen LogP contribution in [0.1, 0.15) is 19.8 Å². The summed E-state index contributed by atoms with van der Waals surface area (Å²) in [5.41, 5.74) is 8.49. The first-order chi connectivity index (χ1) is 7.77. The first kappa shape index (κ1) is 13.3. The minimum atomic E-state index is -0.538. The summed E-state index contributed by atoms with van der Waals surface area (Å²) in [5.74, 6) is 0. The van der Waals surface area contributed by atoms with Gasteiger partial charge in [-0.05, 0) is 12.0 Å². The molecule has 2 atom stereocenters. The summed E-state index contributed by atoms with van der Waals surface area (Å²) in [6, 6.07) is -0.344. The molecule has 1 N–H and O–H groups in total. The van der Waals surface area contributed by atoms with Gasteiger partial charge in [0.25, 0.3) is 0 Å². The summed E-state index contributed by atoms with van der Waals surface area (Å²) in [7, 11) is 0. The van der Waals surface area contributed by atoms with E-state index in [1.54, 1.807) is 0 Å². The van der Waals surface area contributed by atoms with Gasteiger partial charge in [-0.25, -0.2) is 0 Å². The topological polar surface area (TPSA) is 81.5 Å². The average Bonchev–Trinajstić information content (AvgIpc) is 2.30. The molecular formula is C10H20N4O2. The normalized spacial score (nSPS) is 21.1. The van der Waals surface area contributed by atoms with Gasteiger partial charge in [-0.15, -0.1) is 0 Å². The summed E-state index contributed by atoms with van der Waals surface area (Å²) in [4.78, 5) is 4.98. The van der Waals surface area contributed by atoms with Crippen molar-refractivity contribution in [3.63, 3.8) is 0 Å². The van der Waals surface area contributed by atoms with E-state index in [9.17, 15) is 5.11 Å². The Morgan fingerprint density at radius 2 is 2.19 bits per heavy atom. The fourth-order valence-electron chi connectivity index (χ4n) is 1.84. The molecule has 1 saturated heterocycles. The Bertz CT molecular complexity index is 237. The van der Waals surface area contributed by atoms with Crippen molar-refractivity contribution in [1.29, 1.82) is 0 Å². The molecule has 6 heteroatoms. The Morgan fingerprint density at radius 3 is 2.75 bits per heavy atom. The summed E-state index contributed by atoms with van der Waals surface area (Å²) in [5, 5.41) is 13.5. The van der Waals surface area contributed by atoms with E-state index in [-0.39, 0.29) is 6.04 Å². The molecule has 0 saturated carbocycles. The van der Waals surface area contributed by atoms with E-state index in [0.29, 0.717) is 26.2 Å². The standard InChI is InChI=1S/C10H20N4O2/c1-2-3-10(15)9(12-13-11)8-14-4-6-16-7-5-14/h9-10,15H,2-8H2,1H3/t9-,10+/m1/s1. The number of rotatable bonds is 6. The third-order valence-electron chi connectivity index (χ3n) is 2.78. The number of nitrogens with zero attached hydrogens (tertiary/aromatic N) is 4. The van der Waals surface area contributed by atoms with Gasteiger partial charge in [0.2, 0.25) is 0 Å². The number of aliphatic hydroxyl groups is 1. The van der Waals surface area contributed by atoms with Crippen molar-refractivity contribution in [3.05, 3.63) is 10.4 Å². The summed E-state index contributed by atoms with van der Waals surface area (Å²) in [6.07, 6.45) is 1.03. The number of hydrogen-bond acceptors (Lipinski definition) is 4. The molecule has 0 unspecified atom stereocenters. The fourth-order valence-corrected chi connectivity index (χ4v) is 1.84. The molecule has 92 valence electrons. The molecule has 0 bridgehead atoms. The molecule has 1 heterocycles. The molecule has 16 heavy (non-hydrogen) atoms. The minimum absolute atomic E-state index is 0.344. The fraction of sp³-hybridized carbons (Fsp3) is 1.00. The van der Waals surface area contributed by atoms with E-state index in [0.717, 1.165) is 19.5 Å². The Kier molecular flexibility index (Phi) is 6.18. The van der Waals surface area contributed by atoms with Gasteiger partial charge in [0.15, 0.2) is 0 Å². The molecule has 0 spiro atoms. The van der Waals surface area contributed by atoms with Gasteiger partial charge in [0.1, 0.15) is 0 Å². The summed E-state index contributed by atoms with van der Waals surface area (Å²) < 4.78 is 5.24. The summed E-state index contributed by atoms with van der Waals surface area (Å²) >= 11 is 0. The smallest absolute Gasteiger partial charge is 0.0760 e. The van der Waals surface area contributed by atoms with Gasteiger partial charge in [-0.1, -0.05) is 18.5 Å². The number of hydrogen-bond donors (Lipinski definition) is 1. The predicted molar refractivity (Wildman–Crippen MR) is 61.1 cm³/mol. The maximum atomic E-state index is 9.85. The maximum Gasteiger partial charge on any atom is 0.0760 e. The van der Waals surface area contributed by atoms with E-state index < -0.39 is 6.10 Å². The molecule has 1 aliphatic rings. The SMILES string of the molecule is CCC[C@H](O)[C@@H](CN1CCOCC1)N=[N+]=[N-]. The Labute approximate surface area is 95.8 Å². The second-order valence-electron chi connectivity index (χ2n) is 4.04. The zero-order valence-electron chi connectivity index (χ0n) is 9.75. The molecule has 0 amide bonds. The van der Waals surface area contributed by atoms with E-state index in [4.69, 9.17) is 10.3 Å². The van der Waals surface area contributed by atoms with Crippen molar-refractivity contribution in [2.45, 2.75) is 31.9 Å². The van der Waals surface area contributed by atoms with Gasteiger partial charge in [-0.2, -0.15) is 0 Å². The molecule has 1 aliphatic heterocycles. The van der Waals surface area contributed by atoms with Crippen LogP contribution in [0.15, 0.2) is 5.11 Å². The molecule has 0 aliphatic carbocycles. The highest BCUT2D eigenvalue weighted by Gasteiger charge is 2.21. The summed E-state index contributed by atoms with van der Waals surface area (Å²) in [6.45, 7) is 5.74. The van der Waals surface area contributed by atoms with Crippen LogP contribution in [0.25, 0.3) is 10.4 Å². The lowest BCUT2D eigenvalue weighted by Gasteiger charge is -2.30. The van der Waals surface area contributed by atoms with Crippen LogP contribution in [-0.2, 0) is 4.74 Å². The minimum Gasteiger partial charge on any atom is -0.393 e. The van der Waals surface area contributed by atoms with Crippen molar-refractivity contribution < 1.29 is 9.84 Å². The largest absolute Gasteiger partial charge is 0.393 e. The first-order valence-electron chi connectivity index (χ1n) is 5.80. The molecule has 0 aromatic carbocycles. The van der Waals surface area contributed by atoms with Crippen LogP contribution in [-0.4, -0.2) is 55.0 Å². The van der Waals surface area contributed by atoms with E-state index in [1.807, 2.05) is 6.92 Å². The van der Waals surface area contributed by atoms with Crippen molar-refractivity contribution in [2.24, 2.45) is 5.11 Å². The third kappa shape index (κ3) is 4.37. The van der Waals surface area contributed by atoms with Crippen molar-refractivity contribution in [3.8, 4) is 0 Å². The van der Waals surface area contributed by atoms with Gasteiger partial charge in [0, 0.05) is 24.5 Å². The number of azide groups is 1. The quantitative estimate of drug-likeness (QED) is 0.420. The molecule has 1 fully saturated rings. The van der Waals surface area contributed by atoms with Crippen LogP contribution in [0, 0.1) is 0 Å². The third-order valence-corrected chi connectivity index (χ3v) is 2.78. The highest BCUT2D eigenvalue weighted by Crippen LogP contribution is 2.10. The van der Waals surface area contributed by atoms with E-state index in [2.05, 4.69) is 14.9 Å². The van der Waals surface area contributed by atoms with Crippen LogP contribution in [0.4, 0.5) is 0 Å². The molecule has 1 rings (SSSR count). The highest BCUT2D eigenvalue weighted by atomic mass is 16.5. The Balaban J connectivity index is 2.45. The van der Waals surface area contributed by atoms with Crippen LogP contribution in [0.5, 0.6) is 0 Å². The van der Waals surface area contributed by atoms with Crippen molar-refractivity contribution >= 4 is 0 Å². The first-order valence-corrected chi connectivity index (χ1v) is 5.80. The molecular weight excluding hydrogens is 208 g/mol. The van der Waals surface area contributed by atoms with Crippen molar-refractivity contribution in [1.82, 2.24) is 4.90 Å². The van der Waals surface area contributed by atoms with Gasteiger partial charge >= 0.3 is 0 Å². The average molecular weight is 228 g/mol. The lowest BCUT2D eigenvalue weighted by molar-refractivity contribution is 0.0242. The van der Waals surface area contributed by atoms with Gasteiger partial charge < -0.3 is 9.84 Å². The number of ether oxygens (including phenoxy) is 1. The monoisotopic (exact) mass is 228 g/mol. The van der Waals surface area contributed by atoms with E-state index in [1.165, 1.54) is 0 Å². The zero-order chi connectivity index (χ0) is 11.8. The van der Waals surface area contributed by atoms with Crippen molar-refractivity contribution in [2.75, 3.05) is 32.8 Å². The number of aliphatic hydroxyl groups excluding tert-OH is 1. The maximum absolute atomic E-state index is 9.85. The molecule has 0 aromatic heterocycles. The Morgan fingerprint density at radius 1 is 1.50 bits per heavy atom. The van der Waals surface area contributed by atoms with Crippen LogP contribution in [0.2, 0.25) is 0 Å². The van der Waals surface area contributed by atoms with Crippen LogP contribution >= 0.6 is 0 Å². The van der Waals surface area contributed by atoms with Crippen LogP contribution < -0.4 is 0 Å². The Hall–Kier alpha value is -0.810. The second kappa shape index (κ2) is 7.46.